The number of benzene rings is 2. The number of hydrogen-bond acceptors (Lipinski definition) is 5. The van der Waals surface area contributed by atoms with E-state index in [1.54, 1.807) is 14.2 Å². The Hall–Kier alpha value is -3.08. The first-order valence-corrected chi connectivity index (χ1v) is 9.33. The molecule has 0 saturated heterocycles. The van der Waals surface area contributed by atoms with Crippen LogP contribution in [0.1, 0.15) is 29.9 Å². The van der Waals surface area contributed by atoms with Gasteiger partial charge < -0.3 is 14.6 Å². The van der Waals surface area contributed by atoms with Crippen molar-refractivity contribution in [2.45, 2.75) is 25.2 Å². The van der Waals surface area contributed by atoms with Crippen molar-refractivity contribution in [1.29, 1.82) is 0 Å². The van der Waals surface area contributed by atoms with E-state index in [0.717, 1.165) is 12.0 Å². The van der Waals surface area contributed by atoms with Crippen molar-refractivity contribution in [3.05, 3.63) is 71.0 Å². The van der Waals surface area contributed by atoms with Gasteiger partial charge in [-0.1, -0.05) is 36.4 Å². The molecule has 1 unspecified atom stereocenters. The minimum absolute atomic E-state index is 0.0891. The van der Waals surface area contributed by atoms with E-state index in [9.17, 15) is 9.90 Å². The molecule has 0 bridgehead atoms. The second-order valence-corrected chi connectivity index (χ2v) is 6.77. The van der Waals surface area contributed by atoms with Gasteiger partial charge in [0.15, 0.2) is 17.3 Å². The van der Waals surface area contributed by atoms with Gasteiger partial charge in [-0.2, -0.15) is 0 Å². The van der Waals surface area contributed by atoms with Crippen LogP contribution in [0.3, 0.4) is 0 Å². The summed E-state index contributed by atoms with van der Waals surface area (Å²) in [5.74, 6) is 1.17. The maximum absolute atomic E-state index is 12.6. The zero-order valence-corrected chi connectivity index (χ0v) is 16.2. The Morgan fingerprint density at radius 3 is 2.50 bits per heavy atom. The zero-order chi connectivity index (χ0) is 19.9. The summed E-state index contributed by atoms with van der Waals surface area (Å²) in [5.41, 5.74) is 2.46. The molecule has 1 aliphatic carbocycles. The molecular weight excluding hydrogens is 354 g/mol. The van der Waals surface area contributed by atoms with Crippen LogP contribution in [0.25, 0.3) is 0 Å². The highest BCUT2D eigenvalue weighted by molar-refractivity contribution is 6.14. The largest absolute Gasteiger partial charge is 0.511 e. The predicted molar refractivity (Wildman–Crippen MR) is 110 cm³/mol. The smallest absolute Gasteiger partial charge is 0.168 e. The fourth-order valence-corrected chi connectivity index (χ4v) is 3.39. The summed E-state index contributed by atoms with van der Waals surface area (Å²) in [6.07, 6.45) is 3.06. The minimum atomic E-state index is -0.0907. The average molecular weight is 379 g/mol. The van der Waals surface area contributed by atoms with Crippen LogP contribution in [0.2, 0.25) is 0 Å². The number of hydrogen-bond donors (Lipinski definition) is 1. The van der Waals surface area contributed by atoms with Crippen LogP contribution in [0.15, 0.2) is 64.9 Å². The number of allylic oxidation sites excluding steroid dienone is 2. The van der Waals surface area contributed by atoms with Crippen LogP contribution in [-0.2, 0) is 11.2 Å². The van der Waals surface area contributed by atoms with Gasteiger partial charge in [-0.15, -0.1) is 0 Å². The third-order valence-electron chi connectivity index (χ3n) is 4.95. The summed E-state index contributed by atoms with van der Waals surface area (Å²) < 4.78 is 10.6. The molecule has 0 radical (unpaired) electrons. The normalized spacial score (nSPS) is 17.2. The van der Waals surface area contributed by atoms with E-state index >= 15 is 0 Å². The lowest BCUT2D eigenvalue weighted by Crippen LogP contribution is -2.19. The van der Waals surface area contributed by atoms with E-state index in [0.29, 0.717) is 36.5 Å². The van der Waals surface area contributed by atoms with Gasteiger partial charge in [-0.05, 0) is 35.6 Å². The summed E-state index contributed by atoms with van der Waals surface area (Å²) in [5, 5.41) is 10.4. The molecule has 1 atom stereocenters. The van der Waals surface area contributed by atoms with Gasteiger partial charge >= 0.3 is 0 Å². The number of rotatable bonds is 7. The summed E-state index contributed by atoms with van der Waals surface area (Å²) in [6, 6.07) is 15.6. The fraction of sp³-hybridized carbons (Fsp3) is 0.304. The van der Waals surface area contributed by atoms with Crippen molar-refractivity contribution in [3.8, 4) is 11.5 Å². The number of nitrogens with zero attached hydrogens (tertiary/aromatic N) is 1. The number of methoxy groups -OCH3 is 2. The number of aliphatic hydroxyl groups excluding tert-OH is 1. The SMILES string of the molecule is COc1ccc(C2CC(=O)C(C=NCCc3ccccc3)=C(O)C2)cc1OC. The predicted octanol–water partition coefficient (Wildman–Crippen LogP) is 4.28. The van der Waals surface area contributed by atoms with Crippen molar-refractivity contribution in [2.75, 3.05) is 20.8 Å². The molecule has 2 aromatic rings. The van der Waals surface area contributed by atoms with Crippen molar-refractivity contribution in [2.24, 2.45) is 4.99 Å². The highest BCUT2D eigenvalue weighted by atomic mass is 16.5. The highest BCUT2D eigenvalue weighted by Gasteiger charge is 2.28. The van der Waals surface area contributed by atoms with Crippen LogP contribution in [0.4, 0.5) is 0 Å². The van der Waals surface area contributed by atoms with Crippen LogP contribution >= 0.6 is 0 Å². The minimum Gasteiger partial charge on any atom is -0.511 e. The van der Waals surface area contributed by atoms with Crippen molar-refractivity contribution in [3.63, 3.8) is 0 Å². The van der Waals surface area contributed by atoms with Crippen LogP contribution in [0.5, 0.6) is 11.5 Å². The Morgan fingerprint density at radius 1 is 1.07 bits per heavy atom. The maximum Gasteiger partial charge on any atom is 0.168 e. The standard InChI is InChI=1S/C23H25NO4/c1-27-22-9-8-17(14-23(22)28-2)18-12-20(25)19(21(26)13-18)15-24-11-10-16-6-4-3-5-7-16/h3-9,14-15,18,25H,10-13H2,1-2H3. The Kier molecular flexibility index (Phi) is 6.48. The molecule has 5 heteroatoms. The molecular formula is C23H25NO4. The molecule has 0 fully saturated rings. The molecule has 0 amide bonds. The van der Waals surface area contributed by atoms with Crippen molar-refractivity contribution in [1.82, 2.24) is 0 Å². The highest BCUT2D eigenvalue weighted by Crippen LogP contribution is 2.37. The molecule has 1 aliphatic rings. The molecule has 146 valence electrons. The second kappa shape index (κ2) is 9.22. The Labute approximate surface area is 165 Å². The van der Waals surface area contributed by atoms with Gasteiger partial charge in [0.2, 0.25) is 0 Å². The van der Waals surface area contributed by atoms with Crippen LogP contribution in [0, 0.1) is 0 Å². The number of carbonyl (C=O) groups excluding carboxylic acids is 1. The van der Waals surface area contributed by atoms with E-state index < -0.39 is 0 Å². The first kappa shape index (κ1) is 19.7. The second-order valence-electron chi connectivity index (χ2n) is 6.77. The number of Topliss-reactive ketones (excluding diaryl/α,β-unsaturated/α-hetero) is 1. The van der Waals surface area contributed by atoms with E-state index in [-0.39, 0.29) is 17.5 Å². The quantitative estimate of drug-likeness (QED) is 0.729. The average Bonchev–Trinajstić information content (AvgIpc) is 2.72. The van der Waals surface area contributed by atoms with Crippen LogP contribution in [-0.4, -0.2) is 37.9 Å². The van der Waals surface area contributed by atoms with Gasteiger partial charge in [0.05, 0.1) is 19.8 Å². The molecule has 0 heterocycles. The van der Waals surface area contributed by atoms with Gasteiger partial charge in [0.1, 0.15) is 5.76 Å². The van der Waals surface area contributed by atoms with E-state index in [2.05, 4.69) is 4.99 Å². The van der Waals surface area contributed by atoms with Crippen molar-refractivity contribution < 1.29 is 19.4 Å². The lowest BCUT2D eigenvalue weighted by molar-refractivity contribution is -0.116. The molecule has 1 N–H and O–H groups in total. The topological polar surface area (TPSA) is 68.1 Å². The van der Waals surface area contributed by atoms with Gasteiger partial charge in [-0.25, -0.2) is 0 Å². The molecule has 5 nitrogen and oxygen atoms in total. The fourth-order valence-electron chi connectivity index (χ4n) is 3.39. The summed E-state index contributed by atoms with van der Waals surface area (Å²) >= 11 is 0. The Morgan fingerprint density at radius 2 is 1.82 bits per heavy atom. The summed E-state index contributed by atoms with van der Waals surface area (Å²) in [6.45, 7) is 0.577. The zero-order valence-electron chi connectivity index (χ0n) is 16.2. The molecule has 3 rings (SSSR count). The summed E-state index contributed by atoms with van der Waals surface area (Å²) in [4.78, 5) is 16.9. The van der Waals surface area contributed by atoms with Crippen LogP contribution < -0.4 is 9.47 Å². The monoisotopic (exact) mass is 379 g/mol. The lowest BCUT2D eigenvalue weighted by Gasteiger charge is -2.23. The van der Waals surface area contributed by atoms with Gasteiger partial charge in [0, 0.05) is 25.6 Å². The molecule has 0 saturated carbocycles. The van der Waals surface area contributed by atoms with E-state index in [1.807, 2.05) is 48.5 Å². The number of aliphatic imine (C=N–C) groups is 1. The van der Waals surface area contributed by atoms with Gasteiger partial charge in [-0.3, -0.25) is 9.79 Å². The maximum atomic E-state index is 12.6. The van der Waals surface area contributed by atoms with E-state index in [4.69, 9.17) is 9.47 Å². The van der Waals surface area contributed by atoms with Crippen molar-refractivity contribution >= 4 is 12.0 Å². The first-order chi connectivity index (χ1) is 13.6. The third-order valence-corrected chi connectivity index (χ3v) is 4.95. The lowest BCUT2D eigenvalue weighted by atomic mass is 9.83. The summed E-state index contributed by atoms with van der Waals surface area (Å²) in [7, 11) is 3.16. The molecule has 0 aliphatic heterocycles. The number of aliphatic hydroxyl groups is 1. The number of carbonyl (C=O) groups is 1. The Bertz CT molecular complexity index is 887. The number of ketones is 1. The molecule has 28 heavy (non-hydrogen) atoms. The number of ether oxygens (including phenoxy) is 2. The Balaban J connectivity index is 1.68. The molecule has 0 aromatic heterocycles. The first-order valence-electron chi connectivity index (χ1n) is 9.33. The molecule has 0 spiro atoms. The third kappa shape index (κ3) is 4.60. The van der Waals surface area contributed by atoms with Gasteiger partial charge in [0.25, 0.3) is 0 Å². The molecule has 2 aromatic carbocycles. The van der Waals surface area contributed by atoms with E-state index in [1.165, 1.54) is 11.8 Å².